The van der Waals surface area contributed by atoms with Crippen molar-refractivity contribution in [3.63, 3.8) is 0 Å². The summed E-state index contributed by atoms with van der Waals surface area (Å²) in [5.41, 5.74) is 1.04. The second-order valence-corrected chi connectivity index (χ2v) is 6.34. The number of benzene rings is 1. The molecule has 0 amide bonds. The molecule has 106 valence electrons. The van der Waals surface area contributed by atoms with E-state index in [0.29, 0.717) is 0 Å². The van der Waals surface area contributed by atoms with Crippen molar-refractivity contribution < 1.29 is 5.11 Å². The van der Waals surface area contributed by atoms with Crippen molar-refractivity contribution >= 4 is 0 Å². The average molecular weight is 261 g/mol. The Kier molecular flexibility index (Phi) is 5.00. The van der Waals surface area contributed by atoms with Gasteiger partial charge in [-0.05, 0) is 36.3 Å². The molecule has 1 heterocycles. The van der Waals surface area contributed by atoms with Gasteiger partial charge in [0, 0.05) is 13.1 Å². The Labute approximate surface area is 117 Å². The van der Waals surface area contributed by atoms with Crippen LogP contribution in [0, 0.1) is 17.8 Å². The van der Waals surface area contributed by atoms with Crippen LogP contribution in [0.1, 0.15) is 38.9 Å². The third-order valence-electron chi connectivity index (χ3n) is 4.64. The lowest BCUT2D eigenvalue weighted by molar-refractivity contribution is 0.0628. The summed E-state index contributed by atoms with van der Waals surface area (Å²) >= 11 is 0. The van der Waals surface area contributed by atoms with Gasteiger partial charge < -0.3 is 10.0 Å². The van der Waals surface area contributed by atoms with Gasteiger partial charge in [0.1, 0.15) is 0 Å². The number of hydrogen-bond donors (Lipinski definition) is 1. The lowest BCUT2D eigenvalue weighted by Crippen LogP contribution is -2.41. The maximum atomic E-state index is 10.4. The van der Waals surface area contributed by atoms with Gasteiger partial charge in [0.2, 0.25) is 0 Å². The van der Waals surface area contributed by atoms with Crippen molar-refractivity contribution in [2.24, 2.45) is 17.8 Å². The van der Waals surface area contributed by atoms with Crippen LogP contribution >= 0.6 is 0 Å². The topological polar surface area (TPSA) is 23.5 Å². The summed E-state index contributed by atoms with van der Waals surface area (Å²) in [6.45, 7) is 10.2. The predicted octanol–water partition coefficient (Wildman–Crippen LogP) is 3.33. The first-order valence-electron chi connectivity index (χ1n) is 7.53. The fraction of sp³-hybridized carbons (Fsp3) is 0.647. The number of rotatable bonds is 4. The second-order valence-electron chi connectivity index (χ2n) is 6.34. The highest BCUT2D eigenvalue weighted by Gasteiger charge is 2.25. The molecule has 0 aliphatic carbocycles. The molecule has 1 fully saturated rings. The maximum absolute atomic E-state index is 10.4. The highest BCUT2D eigenvalue weighted by molar-refractivity contribution is 5.17. The molecule has 4 atom stereocenters. The average Bonchev–Trinajstić information content (AvgIpc) is 2.43. The summed E-state index contributed by atoms with van der Waals surface area (Å²) in [4.78, 5) is 2.52. The van der Waals surface area contributed by atoms with Crippen LogP contribution in [0.25, 0.3) is 0 Å². The van der Waals surface area contributed by atoms with Gasteiger partial charge in [-0.25, -0.2) is 0 Å². The van der Waals surface area contributed by atoms with E-state index in [0.717, 1.165) is 23.9 Å². The SMILES string of the molecule is CC1CCN(CC(C)C(O)c2ccccc2)CC1C. The molecule has 1 saturated heterocycles. The van der Waals surface area contributed by atoms with Gasteiger partial charge in [-0.15, -0.1) is 0 Å². The Morgan fingerprint density at radius 2 is 1.89 bits per heavy atom. The van der Waals surface area contributed by atoms with E-state index in [2.05, 4.69) is 25.7 Å². The van der Waals surface area contributed by atoms with E-state index in [1.165, 1.54) is 19.5 Å². The van der Waals surface area contributed by atoms with E-state index in [1.807, 2.05) is 30.3 Å². The molecule has 2 heteroatoms. The molecule has 1 aromatic carbocycles. The monoisotopic (exact) mass is 261 g/mol. The van der Waals surface area contributed by atoms with Gasteiger partial charge in [0.05, 0.1) is 6.10 Å². The maximum Gasteiger partial charge on any atom is 0.0827 e. The van der Waals surface area contributed by atoms with Gasteiger partial charge in [0.15, 0.2) is 0 Å². The van der Waals surface area contributed by atoms with Crippen molar-refractivity contribution in [3.05, 3.63) is 35.9 Å². The molecule has 2 nitrogen and oxygen atoms in total. The van der Waals surface area contributed by atoms with Gasteiger partial charge in [-0.1, -0.05) is 51.1 Å². The zero-order valence-corrected chi connectivity index (χ0v) is 12.4. The van der Waals surface area contributed by atoms with Crippen molar-refractivity contribution in [1.29, 1.82) is 0 Å². The Balaban J connectivity index is 1.89. The minimum Gasteiger partial charge on any atom is -0.388 e. The van der Waals surface area contributed by atoms with Crippen LogP contribution in [0.2, 0.25) is 0 Å². The first kappa shape index (κ1) is 14.5. The van der Waals surface area contributed by atoms with Crippen LogP contribution in [0.3, 0.4) is 0 Å². The smallest absolute Gasteiger partial charge is 0.0827 e. The number of aliphatic hydroxyl groups is 1. The van der Waals surface area contributed by atoms with E-state index in [1.54, 1.807) is 0 Å². The molecular weight excluding hydrogens is 234 g/mol. The molecule has 1 aromatic rings. The zero-order chi connectivity index (χ0) is 13.8. The van der Waals surface area contributed by atoms with Crippen LogP contribution in [0.15, 0.2) is 30.3 Å². The Morgan fingerprint density at radius 1 is 1.21 bits per heavy atom. The standard InChI is InChI=1S/C17H27NO/c1-13-9-10-18(11-14(13)2)12-15(3)17(19)16-7-5-4-6-8-16/h4-8,13-15,17,19H,9-12H2,1-3H3. The van der Waals surface area contributed by atoms with Gasteiger partial charge in [0.25, 0.3) is 0 Å². The molecule has 2 rings (SSSR count). The van der Waals surface area contributed by atoms with E-state index < -0.39 is 0 Å². The summed E-state index contributed by atoms with van der Waals surface area (Å²) in [6, 6.07) is 10.0. The molecule has 0 aromatic heterocycles. The minimum atomic E-state index is -0.351. The number of aliphatic hydroxyl groups excluding tert-OH is 1. The van der Waals surface area contributed by atoms with Crippen LogP contribution in [0.4, 0.5) is 0 Å². The normalized spacial score (nSPS) is 28.0. The quantitative estimate of drug-likeness (QED) is 0.898. The minimum absolute atomic E-state index is 0.281. The lowest BCUT2D eigenvalue weighted by Gasteiger charge is -2.37. The van der Waals surface area contributed by atoms with Gasteiger partial charge >= 0.3 is 0 Å². The highest BCUT2D eigenvalue weighted by Crippen LogP contribution is 2.26. The lowest BCUT2D eigenvalue weighted by atomic mass is 9.87. The molecule has 1 N–H and O–H groups in total. The number of nitrogens with zero attached hydrogens (tertiary/aromatic N) is 1. The highest BCUT2D eigenvalue weighted by atomic mass is 16.3. The molecule has 0 spiro atoms. The first-order chi connectivity index (χ1) is 9.08. The van der Waals surface area contributed by atoms with Crippen molar-refractivity contribution in [1.82, 2.24) is 4.90 Å². The molecule has 4 unspecified atom stereocenters. The molecule has 0 radical (unpaired) electrons. The molecule has 0 bridgehead atoms. The summed E-state index contributed by atoms with van der Waals surface area (Å²) < 4.78 is 0. The number of likely N-dealkylation sites (tertiary alicyclic amines) is 1. The number of hydrogen-bond acceptors (Lipinski definition) is 2. The first-order valence-corrected chi connectivity index (χ1v) is 7.53. The van der Waals surface area contributed by atoms with Gasteiger partial charge in [-0.2, -0.15) is 0 Å². The third kappa shape index (κ3) is 3.80. The van der Waals surface area contributed by atoms with E-state index in [9.17, 15) is 5.11 Å². The Hall–Kier alpha value is -0.860. The fourth-order valence-corrected chi connectivity index (χ4v) is 3.00. The van der Waals surface area contributed by atoms with E-state index in [4.69, 9.17) is 0 Å². The Bertz CT molecular complexity index is 378. The second kappa shape index (κ2) is 6.53. The van der Waals surface area contributed by atoms with Crippen molar-refractivity contribution in [2.75, 3.05) is 19.6 Å². The van der Waals surface area contributed by atoms with Crippen LogP contribution in [0.5, 0.6) is 0 Å². The van der Waals surface area contributed by atoms with Crippen molar-refractivity contribution in [3.8, 4) is 0 Å². The predicted molar refractivity (Wildman–Crippen MR) is 80.0 cm³/mol. The van der Waals surface area contributed by atoms with Crippen LogP contribution < -0.4 is 0 Å². The zero-order valence-electron chi connectivity index (χ0n) is 12.4. The Morgan fingerprint density at radius 3 is 2.53 bits per heavy atom. The summed E-state index contributed by atoms with van der Waals surface area (Å²) in [7, 11) is 0. The van der Waals surface area contributed by atoms with Crippen LogP contribution in [-0.4, -0.2) is 29.6 Å². The largest absolute Gasteiger partial charge is 0.388 e. The van der Waals surface area contributed by atoms with Gasteiger partial charge in [-0.3, -0.25) is 0 Å². The van der Waals surface area contributed by atoms with Crippen molar-refractivity contribution in [2.45, 2.75) is 33.3 Å². The van der Waals surface area contributed by atoms with Crippen LogP contribution in [-0.2, 0) is 0 Å². The summed E-state index contributed by atoms with van der Waals surface area (Å²) in [6.07, 6.45) is 0.936. The fourth-order valence-electron chi connectivity index (χ4n) is 3.00. The summed E-state index contributed by atoms with van der Waals surface area (Å²) in [5, 5.41) is 10.4. The molecule has 1 aliphatic heterocycles. The summed E-state index contributed by atoms with van der Waals surface area (Å²) in [5.74, 6) is 1.89. The van der Waals surface area contributed by atoms with E-state index in [-0.39, 0.29) is 12.0 Å². The van der Waals surface area contributed by atoms with E-state index >= 15 is 0 Å². The molecule has 0 saturated carbocycles. The third-order valence-corrected chi connectivity index (χ3v) is 4.64. The molecule has 1 aliphatic rings. The molecular formula is C17H27NO. The number of piperidine rings is 1. The molecule has 19 heavy (non-hydrogen) atoms.